The second-order valence-electron chi connectivity index (χ2n) is 7.48. The minimum absolute atomic E-state index is 0.0120. The van der Waals surface area contributed by atoms with Crippen LogP contribution in [0.2, 0.25) is 0 Å². The van der Waals surface area contributed by atoms with Crippen LogP contribution in [0.4, 0.5) is 22.0 Å². The Balaban J connectivity index is 1.92. The van der Waals surface area contributed by atoms with Gasteiger partial charge in [-0.05, 0) is 42.8 Å². The van der Waals surface area contributed by atoms with E-state index in [1.807, 2.05) is 0 Å². The highest BCUT2D eigenvalue weighted by Crippen LogP contribution is 2.31. The van der Waals surface area contributed by atoms with Gasteiger partial charge in [0, 0.05) is 25.4 Å². The third-order valence-electron chi connectivity index (χ3n) is 4.94. The summed E-state index contributed by atoms with van der Waals surface area (Å²) in [4.78, 5) is 26.6. The summed E-state index contributed by atoms with van der Waals surface area (Å²) in [6.07, 6.45) is -4.59. The number of ether oxygens (including phenoxy) is 2. The number of benzene rings is 2. The fourth-order valence-corrected chi connectivity index (χ4v) is 3.30. The van der Waals surface area contributed by atoms with E-state index in [0.717, 1.165) is 27.8 Å². The molecule has 2 aromatic carbocycles. The van der Waals surface area contributed by atoms with Gasteiger partial charge in [-0.1, -0.05) is 12.1 Å². The minimum Gasteiger partial charge on any atom is -0.493 e. The predicted octanol–water partition coefficient (Wildman–Crippen LogP) is 4.44. The standard InChI is InChI=1S/C23H20F5N3O4/c1-13-9-17(32)20(29-31(13)16-6-4-5-15(11-16)23(26,27)28)21(33)30(2)12-14-7-8-18(34-3)19(10-14)35-22(24)25/h4-11,22H,12H2,1-3H3. The molecule has 0 spiro atoms. The van der Waals surface area contributed by atoms with E-state index in [2.05, 4.69) is 9.84 Å². The molecule has 0 fully saturated rings. The van der Waals surface area contributed by atoms with Gasteiger partial charge in [0.25, 0.3) is 5.91 Å². The molecule has 0 radical (unpaired) electrons. The van der Waals surface area contributed by atoms with Crippen LogP contribution in [0.15, 0.2) is 53.3 Å². The molecular weight excluding hydrogens is 477 g/mol. The summed E-state index contributed by atoms with van der Waals surface area (Å²) in [5.74, 6) is -0.990. The van der Waals surface area contributed by atoms with Gasteiger partial charge in [-0.3, -0.25) is 9.59 Å². The van der Waals surface area contributed by atoms with E-state index < -0.39 is 35.4 Å². The van der Waals surface area contributed by atoms with E-state index in [-0.39, 0.29) is 29.4 Å². The normalized spacial score (nSPS) is 11.5. The molecule has 0 saturated carbocycles. The number of carbonyl (C=O) groups is 1. The number of hydrogen-bond donors (Lipinski definition) is 0. The first-order valence-electron chi connectivity index (χ1n) is 10.1. The van der Waals surface area contributed by atoms with Gasteiger partial charge < -0.3 is 14.4 Å². The number of amides is 1. The van der Waals surface area contributed by atoms with Crippen molar-refractivity contribution in [2.24, 2.45) is 0 Å². The zero-order valence-electron chi connectivity index (χ0n) is 18.8. The Morgan fingerprint density at radius 2 is 1.83 bits per heavy atom. The van der Waals surface area contributed by atoms with E-state index >= 15 is 0 Å². The number of carbonyl (C=O) groups excluding carboxylic acids is 1. The Morgan fingerprint density at radius 3 is 2.46 bits per heavy atom. The first-order valence-corrected chi connectivity index (χ1v) is 10.1. The predicted molar refractivity (Wildman–Crippen MR) is 115 cm³/mol. The smallest absolute Gasteiger partial charge is 0.416 e. The lowest BCUT2D eigenvalue weighted by molar-refractivity contribution is -0.137. The first-order chi connectivity index (χ1) is 16.4. The molecule has 0 aliphatic carbocycles. The molecule has 0 atom stereocenters. The molecule has 3 rings (SSSR count). The SMILES string of the molecule is COc1ccc(CN(C)C(=O)c2nn(-c3cccc(C(F)(F)F)c3)c(C)cc2=O)cc1OC(F)F. The highest BCUT2D eigenvalue weighted by Gasteiger charge is 2.31. The molecule has 35 heavy (non-hydrogen) atoms. The molecule has 12 heteroatoms. The van der Waals surface area contributed by atoms with E-state index in [0.29, 0.717) is 5.56 Å². The molecule has 0 aliphatic rings. The number of aryl methyl sites for hydroxylation is 1. The van der Waals surface area contributed by atoms with Crippen molar-refractivity contribution in [3.8, 4) is 17.2 Å². The number of alkyl halides is 5. The lowest BCUT2D eigenvalue weighted by Crippen LogP contribution is -2.33. The van der Waals surface area contributed by atoms with Gasteiger partial charge in [-0.25, -0.2) is 4.68 Å². The lowest BCUT2D eigenvalue weighted by atomic mass is 10.1. The minimum atomic E-state index is -4.59. The number of methoxy groups -OCH3 is 1. The largest absolute Gasteiger partial charge is 0.493 e. The van der Waals surface area contributed by atoms with Gasteiger partial charge >= 0.3 is 12.8 Å². The maximum absolute atomic E-state index is 13.1. The van der Waals surface area contributed by atoms with Crippen molar-refractivity contribution < 1.29 is 36.2 Å². The molecule has 7 nitrogen and oxygen atoms in total. The summed E-state index contributed by atoms with van der Waals surface area (Å²) in [7, 11) is 2.64. The lowest BCUT2D eigenvalue weighted by Gasteiger charge is -2.19. The van der Waals surface area contributed by atoms with Crippen molar-refractivity contribution in [3.63, 3.8) is 0 Å². The van der Waals surface area contributed by atoms with Crippen molar-refractivity contribution in [1.29, 1.82) is 0 Å². The van der Waals surface area contributed by atoms with Gasteiger partial charge in [0.15, 0.2) is 17.2 Å². The molecule has 0 unspecified atom stereocenters. The summed E-state index contributed by atoms with van der Waals surface area (Å²) < 4.78 is 75.2. The summed E-state index contributed by atoms with van der Waals surface area (Å²) in [6, 6.07) is 9.55. The molecule has 0 saturated heterocycles. The Bertz CT molecular complexity index is 1290. The summed E-state index contributed by atoms with van der Waals surface area (Å²) >= 11 is 0. The van der Waals surface area contributed by atoms with Crippen molar-refractivity contribution in [2.75, 3.05) is 14.2 Å². The number of rotatable bonds is 7. The van der Waals surface area contributed by atoms with E-state index in [1.165, 1.54) is 51.4 Å². The van der Waals surface area contributed by atoms with Crippen LogP contribution in [0.5, 0.6) is 11.5 Å². The number of aromatic nitrogens is 2. The van der Waals surface area contributed by atoms with Crippen LogP contribution < -0.4 is 14.9 Å². The monoisotopic (exact) mass is 497 g/mol. The molecule has 0 aliphatic heterocycles. The average Bonchev–Trinajstić information content (AvgIpc) is 2.78. The fourth-order valence-electron chi connectivity index (χ4n) is 3.30. The maximum atomic E-state index is 13.1. The topological polar surface area (TPSA) is 73.7 Å². The molecule has 0 bridgehead atoms. The maximum Gasteiger partial charge on any atom is 0.416 e. The van der Waals surface area contributed by atoms with Crippen LogP contribution in [-0.4, -0.2) is 41.4 Å². The molecular formula is C23H20F5N3O4. The van der Waals surface area contributed by atoms with Crippen molar-refractivity contribution >= 4 is 5.91 Å². The highest BCUT2D eigenvalue weighted by atomic mass is 19.4. The second kappa shape index (κ2) is 10.1. The Morgan fingerprint density at radius 1 is 1.11 bits per heavy atom. The van der Waals surface area contributed by atoms with Gasteiger partial charge in [0.05, 0.1) is 18.4 Å². The van der Waals surface area contributed by atoms with Crippen LogP contribution in [0.1, 0.15) is 27.3 Å². The average molecular weight is 497 g/mol. The quantitative estimate of drug-likeness (QED) is 0.452. The number of hydrogen-bond acceptors (Lipinski definition) is 5. The summed E-state index contributed by atoms with van der Waals surface area (Å²) in [5.41, 5.74) is -1.54. The van der Waals surface area contributed by atoms with Crippen LogP contribution in [0, 0.1) is 6.92 Å². The Labute approximate surface area is 196 Å². The van der Waals surface area contributed by atoms with E-state index in [1.54, 1.807) is 0 Å². The zero-order valence-corrected chi connectivity index (χ0v) is 18.8. The van der Waals surface area contributed by atoms with Crippen molar-refractivity contribution in [3.05, 3.63) is 81.3 Å². The molecule has 3 aromatic rings. The third kappa shape index (κ3) is 5.94. The Kier molecular flexibility index (Phi) is 7.42. The number of nitrogens with zero attached hydrogens (tertiary/aromatic N) is 3. The zero-order chi connectivity index (χ0) is 25.9. The molecule has 0 N–H and O–H groups in total. The molecule has 1 heterocycles. The second-order valence-corrected chi connectivity index (χ2v) is 7.48. The van der Waals surface area contributed by atoms with Crippen LogP contribution >= 0.6 is 0 Å². The summed E-state index contributed by atoms with van der Waals surface area (Å²) in [5, 5.41) is 4.01. The van der Waals surface area contributed by atoms with Crippen molar-refractivity contribution in [2.45, 2.75) is 26.3 Å². The van der Waals surface area contributed by atoms with Crippen molar-refractivity contribution in [1.82, 2.24) is 14.7 Å². The molecule has 1 aromatic heterocycles. The van der Waals surface area contributed by atoms with Gasteiger partial charge in [0.1, 0.15) is 0 Å². The van der Waals surface area contributed by atoms with E-state index in [9.17, 15) is 31.5 Å². The number of halogens is 5. The van der Waals surface area contributed by atoms with Crippen LogP contribution in [-0.2, 0) is 12.7 Å². The summed E-state index contributed by atoms with van der Waals surface area (Å²) in [6.45, 7) is -1.74. The van der Waals surface area contributed by atoms with Crippen LogP contribution in [0.25, 0.3) is 5.69 Å². The van der Waals surface area contributed by atoms with Gasteiger partial charge in [0.2, 0.25) is 5.43 Å². The third-order valence-corrected chi connectivity index (χ3v) is 4.94. The Hall–Kier alpha value is -3.96. The fraction of sp³-hybridized carbons (Fsp3) is 0.261. The van der Waals surface area contributed by atoms with E-state index in [4.69, 9.17) is 4.74 Å². The van der Waals surface area contributed by atoms with Gasteiger partial charge in [-0.15, -0.1) is 0 Å². The molecule has 1 amide bonds. The van der Waals surface area contributed by atoms with Crippen LogP contribution in [0.3, 0.4) is 0 Å². The highest BCUT2D eigenvalue weighted by molar-refractivity contribution is 5.91. The first kappa shape index (κ1) is 25.7. The molecule has 186 valence electrons. The van der Waals surface area contributed by atoms with Gasteiger partial charge in [-0.2, -0.15) is 27.1 Å².